The average molecular weight is 383 g/mol. The molecule has 3 rings (SSSR count). The Balaban J connectivity index is 2.31. The smallest absolute Gasteiger partial charge is 0.332 e. The van der Waals surface area contributed by atoms with Crippen molar-refractivity contribution in [2.75, 3.05) is 5.32 Å². The quantitative estimate of drug-likeness (QED) is 0.615. The van der Waals surface area contributed by atoms with Crippen LogP contribution >= 0.6 is 0 Å². The summed E-state index contributed by atoms with van der Waals surface area (Å²) in [5.74, 6) is -1.53. The van der Waals surface area contributed by atoms with Crippen LogP contribution in [0.15, 0.2) is 44.7 Å². The number of carbonyl (C=O) groups excluding carboxylic acids is 2. The standard InChI is InChI=1S/C18H17N5O5/c1-21-12(24)8-10(13-16(21)22(2)18(28)23(3)17(13)27)15(26)20-11-7-5-4-6-9(11)14(19)25/h4-8H,1-3H3,(H2,19,25)(H,20,26). The van der Waals surface area contributed by atoms with E-state index in [0.717, 1.165) is 19.8 Å². The molecule has 0 bridgehead atoms. The molecule has 0 fully saturated rings. The van der Waals surface area contributed by atoms with Gasteiger partial charge >= 0.3 is 5.69 Å². The third-order valence-corrected chi connectivity index (χ3v) is 4.50. The zero-order chi connectivity index (χ0) is 20.7. The van der Waals surface area contributed by atoms with Crippen LogP contribution in [0.2, 0.25) is 0 Å². The number of nitrogens with two attached hydrogens (primary N) is 1. The predicted molar refractivity (Wildman–Crippen MR) is 103 cm³/mol. The SMILES string of the molecule is Cn1c(=O)c2c(C(=O)Nc3ccccc3C(N)=O)cc(=O)n(C)c2n(C)c1=O. The van der Waals surface area contributed by atoms with Crippen molar-refractivity contribution in [3.05, 3.63) is 72.7 Å². The number of aromatic nitrogens is 3. The molecule has 10 heteroatoms. The van der Waals surface area contributed by atoms with Crippen molar-refractivity contribution >= 4 is 28.5 Å². The number of anilines is 1. The highest BCUT2D eigenvalue weighted by Crippen LogP contribution is 2.17. The average Bonchev–Trinajstić information content (AvgIpc) is 2.66. The molecule has 2 heterocycles. The van der Waals surface area contributed by atoms with Crippen LogP contribution < -0.4 is 27.9 Å². The second kappa shape index (κ2) is 6.65. The number of fused-ring (bicyclic) bond motifs is 1. The molecular formula is C18H17N5O5. The summed E-state index contributed by atoms with van der Waals surface area (Å²) < 4.78 is 3.08. The lowest BCUT2D eigenvalue weighted by atomic mass is 10.1. The molecule has 0 saturated carbocycles. The van der Waals surface area contributed by atoms with Crippen LogP contribution in [-0.4, -0.2) is 25.5 Å². The van der Waals surface area contributed by atoms with E-state index < -0.39 is 28.6 Å². The van der Waals surface area contributed by atoms with Gasteiger partial charge in [0.2, 0.25) is 0 Å². The maximum absolute atomic E-state index is 12.9. The van der Waals surface area contributed by atoms with Crippen molar-refractivity contribution in [2.24, 2.45) is 26.9 Å². The summed E-state index contributed by atoms with van der Waals surface area (Å²) in [6.07, 6.45) is 0. The summed E-state index contributed by atoms with van der Waals surface area (Å²) in [6.45, 7) is 0. The topological polar surface area (TPSA) is 138 Å². The van der Waals surface area contributed by atoms with E-state index >= 15 is 0 Å². The molecule has 3 aromatic rings. The van der Waals surface area contributed by atoms with E-state index in [1.54, 1.807) is 12.1 Å². The van der Waals surface area contributed by atoms with E-state index in [1.807, 2.05) is 0 Å². The van der Waals surface area contributed by atoms with E-state index in [1.165, 1.54) is 33.3 Å². The summed E-state index contributed by atoms with van der Waals surface area (Å²) in [5, 5.41) is 2.41. The fraction of sp³-hybridized carbons (Fsp3) is 0.167. The maximum atomic E-state index is 12.9. The fourth-order valence-corrected chi connectivity index (χ4v) is 3.03. The van der Waals surface area contributed by atoms with Gasteiger partial charge in [-0.25, -0.2) is 4.79 Å². The van der Waals surface area contributed by atoms with E-state index in [-0.39, 0.29) is 27.8 Å². The number of carbonyl (C=O) groups is 2. The number of aryl methyl sites for hydroxylation is 2. The summed E-state index contributed by atoms with van der Waals surface area (Å²) in [6, 6.07) is 7.08. The molecule has 0 aliphatic heterocycles. The predicted octanol–water partition coefficient (Wildman–Crippen LogP) is -0.713. The highest BCUT2D eigenvalue weighted by molar-refractivity contribution is 6.13. The van der Waals surface area contributed by atoms with Crippen LogP contribution in [0, 0.1) is 0 Å². The number of hydrogen-bond donors (Lipinski definition) is 2. The Morgan fingerprint density at radius 1 is 0.929 bits per heavy atom. The monoisotopic (exact) mass is 383 g/mol. The molecule has 10 nitrogen and oxygen atoms in total. The number of pyridine rings is 1. The first-order valence-electron chi connectivity index (χ1n) is 8.15. The Morgan fingerprint density at radius 2 is 1.57 bits per heavy atom. The van der Waals surface area contributed by atoms with Crippen molar-refractivity contribution in [3.8, 4) is 0 Å². The van der Waals surface area contributed by atoms with Gasteiger partial charge < -0.3 is 11.1 Å². The first-order chi connectivity index (χ1) is 13.1. The lowest BCUT2D eigenvalue weighted by Gasteiger charge is -2.14. The van der Waals surface area contributed by atoms with Gasteiger partial charge in [0.1, 0.15) is 5.65 Å². The molecule has 0 unspecified atom stereocenters. The molecule has 0 aliphatic carbocycles. The molecule has 0 aliphatic rings. The second-order valence-electron chi connectivity index (χ2n) is 6.22. The van der Waals surface area contributed by atoms with Crippen molar-refractivity contribution in [3.63, 3.8) is 0 Å². The number of primary amides is 1. The number of rotatable bonds is 3. The van der Waals surface area contributed by atoms with Crippen molar-refractivity contribution in [1.29, 1.82) is 0 Å². The van der Waals surface area contributed by atoms with E-state index in [4.69, 9.17) is 5.73 Å². The van der Waals surface area contributed by atoms with Gasteiger partial charge in [0.15, 0.2) is 0 Å². The normalized spacial score (nSPS) is 10.8. The molecule has 0 radical (unpaired) electrons. The van der Waals surface area contributed by atoms with Crippen molar-refractivity contribution in [2.45, 2.75) is 0 Å². The fourth-order valence-electron chi connectivity index (χ4n) is 3.03. The van der Waals surface area contributed by atoms with E-state index in [2.05, 4.69) is 5.32 Å². The first-order valence-corrected chi connectivity index (χ1v) is 8.15. The lowest BCUT2D eigenvalue weighted by molar-refractivity contribution is 0.100. The number of benzene rings is 1. The maximum Gasteiger partial charge on any atom is 0.332 e. The number of amides is 2. The lowest BCUT2D eigenvalue weighted by Crippen LogP contribution is -2.40. The molecule has 144 valence electrons. The summed E-state index contributed by atoms with van der Waals surface area (Å²) in [5.41, 5.74) is 3.38. The zero-order valence-corrected chi connectivity index (χ0v) is 15.3. The van der Waals surface area contributed by atoms with Gasteiger partial charge in [-0.1, -0.05) is 12.1 Å². The Bertz CT molecular complexity index is 1330. The third kappa shape index (κ3) is 2.80. The Hall–Kier alpha value is -3.95. The van der Waals surface area contributed by atoms with Crippen LogP contribution in [0.1, 0.15) is 20.7 Å². The Kier molecular flexibility index (Phi) is 4.47. The Morgan fingerprint density at radius 3 is 2.21 bits per heavy atom. The van der Waals surface area contributed by atoms with Gasteiger partial charge in [-0.2, -0.15) is 0 Å². The molecular weight excluding hydrogens is 366 g/mol. The molecule has 3 N–H and O–H groups in total. The second-order valence-corrected chi connectivity index (χ2v) is 6.22. The van der Waals surface area contributed by atoms with Crippen molar-refractivity contribution in [1.82, 2.24) is 13.7 Å². The highest BCUT2D eigenvalue weighted by Gasteiger charge is 2.21. The van der Waals surface area contributed by atoms with Gasteiger partial charge in [-0.15, -0.1) is 0 Å². The van der Waals surface area contributed by atoms with Crippen LogP contribution in [0.5, 0.6) is 0 Å². The van der Waals surface area contributed by atoms with Gasteiger partial charge in [0, 0.05) is 27.2 Å². The molecule has 28 heavy (non-hydrogen) atoms. The number of para-hydroxylation sites is 1. The zero-order valence-electron chi connectivity index (χ0n) is 15.3. The van der Waals surface area contributed by atoms with E-state index in [9.17, 15) is 24.0 Å². The summed E-state index contributed by atoms with van der Waals surface area (Å²) in [7, 11) is 4.07. The molecule has 0 saturated heterocycles. The third-order valence-electron chi connectivity index (χ3n) is 4.50. The van der Waals surface area contributed by atoms with Crippen molar-refractivity contribution < 1.29 is 9.59 Å². The Labute approximate surface area is 157 Å². The first kappa shape index (κ1) is 18.8. The van der Waals surface area contributed by atoms with Gasteiger partial charge in [-0.05, 0) is 12.1 Å². The van der Waals surface area contributed by atoms with Crippen LogP contribution in [-0.2, 0) is 21.1 Å². The minimum Gasteiger partial charge on any atom is -0.366 e. The molecule has 0 atom stereocenters. The number of hydrogen-bond acceptors (Lipinski definition) is 5. The summed E-state index contributed by atoms with van der Waals surface area (Å²) in [4.78, 5) is 61.7. The number of nitrogens with one attached hydrogen (secondary N) is 1. The summed E-state index contributed by atoms with van der Waals surface area (Å²) >= 11 is 0. The van der Waals surface area contributed by atoms with Crippen LogP contribution in [0.3, 0.4) is 0 Å². The molecule has 0 spiro atoms. The largest absolute Gasteiger partial charge is 0.366 e. The van der Waals surface area contributed by atoms with Crippen LogP contribution in [0.25, 0.3) is 11.0 Å². The molecule has 2 aromatic heterocycles. The van der Waals surface area contributed by atoms with Gasteiger partial charge in [0.25, 0.3) is 22.9 Å². The van der Waals surface area contributed by atoms with Gasteiger partial charge in [0.05, 0.1) is 22.2 Å². The van der Waals surface area contributed by atoms with Gasteiger partial charge in [-0.3, -0.25) is 32.9 Å². The minimum atomic E-state index is -0.785. The molecule has 2 amide bonds. The van der Waals surface area contributed by atoms with Crippen LogP contribution in [0.4, 0.5) is 5.69 Å². The minimum absolute atomic E-state index is 0.00827. The number of nitrogens with zero attached hydrogens (tertiary/aromatic N) is 3. The highest BCUT2D eigenvalue weighted by atomic mass is 16.2. The molecule has 1 aromatic carbocycles. The van der Waals surface area contributed by atoms with E-state index in [0.29, 0.717) is 0 Å².